The Morgan fingerprint density at radius 2 is 0.812 bits per heavy atom. The molecule has 8 aromatic carbocycles. The number of benzene rings is 8. The van der Waals surface area contributed by atoms with Gasteiger partial charge in [0.2, 0.25) is 0 Å². The standard InChI is InChI=1S/C46H31NO/c1-4-14-32(15-5-1)35-20-12-22-37(28-35)47(38-23-13-21-36(29-38)33-16-6-2-7-17-33)39-26-27-45-43(30-39)44-31-42(34-18-8-3-9-19-34)40-24-10-11-25-41(40)46(44)48-45/h1-31H. The molecule has 0 unspecified atom stereocenters. The molecule has 0 N–H and O–H groups in total. The number of fused-ring (bicyclic) bond motifs is 5. The van der Waals surface area contributed by atoms with Crippen LogP contribution in [-0.2, 0) is 0 Å². The van der Waals surface area contributed by atoms with Crippen molar-refractivity contribution in [1.29, 1.82) is 0 Å². The summed E-state index contributed by atoms with van der Waals surface area (Å²) in [5.41, 5.74) is 12.2. The molecule has 0 amide bonds. The lowest BCUT2D eigenvalue weighted by atomic mass is 9.95. The van der Waals surface area contributed by atoms with Crippen molar-refractivity contribution in [1.82, 2.24) is 0 Å². The third-order valence-corrected chi connectivity index (χ3v) is 9.23. The van der Waals surface area contributed by atoms with E-state index in [4.69, 9.17) is 4.42 Å². The summed E-state index contributed by atoms with van der Waals surface area (Å²) in [6.07, 6.45) is 0. The van der Waals surface area contributed by atoms with Crippen LogP contribution in [0.1, 0.15) is 0 Å². The first-order valence-electron chi connectivity index (χ1n) is 16.3. The van der Waals surface area contributed by atoms with Gasteiger partial charge in [-0.2, -0.15) is 0 Å². The molecule has 0 radical (unpaired) electrons. The van der Waals surface area contributed by atoms with Crippen molar-refractivity contribution in [2.75, 3.05) is 4.90 Å². The number of hydrogen-bond acceptors (Lipinski definition) is 2. The van der Waals surface area contributed by atoms with Crippen LogP contribution in [0.25, 0.3) is 66.1 Å². The maximum Gasteiger partial charge on any atom is 0.143 e. The molecule has 0 saturated heterocycles. The number of hydrogen-bond donors (Lipinski definition) is 0. The topological polar surface area (TPSA) is 16.4 Å². The van der Waals surface area contributed by atoms with Crippen LogP contribution in [0.3, 0.4) is 0 Å². The van der Waals surface area contributed by atoms with Crippen molar-refractivity contribution in [3.05, 3.63) is 188 Å². The Bertz CT molecular complexity index is 2470. The third-order valence-electron chi connectivity index (χ3n) is 9.23. The van der Waals surface area contributed by atoms with Gasteiger partial charge < -0.3 is 9.32 Å². The third kappa shape index (κ3) is 4.92. The van der Waals surface area contributed by atoms with E-state index in [-0.39, 0.29) is 0 Å². The van der Waals surface area contributed by atoms with Gasteiger partial charge in [0.25, 0.3) is 0 Å². The van der Waals surface area contributed by atoms with Gasteiger partial charge in [-0.05, 0) is 87.3 Å². The molecule has 9 aromatic rings. The molecule has 226 valence electrons. The average Bonchev–Trinajstić information content (AvgIpc) is 3.54. The van der Waals surface area contributed by atoms with Gasteiger partial charge in [0, 0.05) is 33.2 Å². The average molecular weight is 614 g/mol. The molecule has 0 aliphatic carbocycles. The smallest absolute Gasteiger partial charge is 0.143 e. The second-order valence-corrected chi connectivity index (χ2v) is 12.2. The summed E-state index contributed by atoms with van der Waals surface area (Å²) in [5, 5.41) is 4.51. The van der Waals surface area contributed by atoms with E-state index in [9.17, 15) is 0 Å². The van der Waals surface area contributed by atoms with Crippen LogP contribution in [0, 0.1) is 0 Å². The van der Waals surface area contributed by atoms with Crippen LogP contribution >= 0.6 is 0 Å². The summed E-state index contributed by atoms with van der Waals surface area (Å²) in [4.78, 5) is 2.36. The maximum absolute atomic E-state index is 6.64. The molecule has 0 spiro atoms. The first kappa shape index (κ1) is 27.9. The molecule has 0 aliphatic heterocycles. The van der Waals surface area contributed by atoms with E-state index < -0.39 is 0 Å². The molecular weight excluding hydrogens is 583 g/mol. The van der Waals surface area contributed by atoms with E-state index in [1.54, 1.807) is 0 Å². The van der Waals surface area contributed by atoms with Crippen LogP contribution in [0.15, 0.2) is 192 Å². The van der Waals surface area contributed by atoms with E-state index in [1.165, 1.54) is 38.8 Å². The van der Waals surface area contributed by atoms with E-state index in [0.29, 0.717) is 0 Å². The normalized spacial score (nSPS) is 11.3. The van der Waals surface area contributed by atoms with Gasteiger partial charge in [-0.15, -0.1) is 0 Å². The van der Waals surface area contributed by atoms with E-state index in [0.717, 1.165) is 44.4 Å². The molecule has 0 fully saturated rings. The molecule has 9 rings (SSSR count). The minimum atomic E-state index is 0.875. The van der Waals surface area contributed by atoms with Gasteiger partial charge in [-0.3, -0.25) is 0 Å². The molecule has 2 heteroatoms. The Hall–Kier alpha value is -6.38. The highest BCUT2D eigenvalue weighted by Gasteiger charge is 2.19. The predicted octanol–water partition coefficient (Wildman–Crippen LogP) is 13.2. The summed E-state index contributed by atoms with van der Waals surface area (Å²) in [6.45, 7) is 0. The number of rotatable bonds is 6. The fourth-order valence-electron chi connectivity index (χ4n) is 6.94. The van der Waals surface area contributed by atoms with Crippen LogP contribution in [0.2, 0.25) is 0 Å². The molecule has 0 aliphatic rings. The first-order chi connectivity index (χ1) is 23.8. The summed E-state index contributed by atoms with van der Waals surface area (Å²) in [6, 6.07) is 66.8. The first-order valence-corrected chi connectivity index (χ1v) is 16.3. The lowest BCUT2D eigenvalue weighted by Gasteiger charge is -2.26. The summed E-state index contributed by atoms with van der Waals surface area (Å²) < 4.78 is 6.64. The predicted molar refractivity (Wildman–Crippen MR) is 202 cm³/mol. The van der Waals surface area contributed by atoms with E-state index >= 15 is 0 Å². The Balaban J connectivity index is 1.27. The molecule has 2 nitrogen and oxygen atoms in total. The molecule has 0 atom stereocenters. The number of nitrogens with zero attached hydrogens (tertiary/aromatic N) is 1. The Kier molecular flexibility index (Phi) is 6.84. The zero-order chi connectivity index (χ0) is 31.9. The highest BCUT2D eigenvalue weighted by atomic mass is 16.3. The van der Waals surface area contributed by atoms with Gasteiger partial charge in [0.05, 0.1) is 0 Å². The van der Waals surface area contributed by atoms with Gasteiger partial charge in [0.15, 0.2) is 0 Å². The fraction of sp³-hybridized carbons (Fsp3) is 0. The van der Waals surface area contributed by atoms with Crippen LogP contribution < -0.4 is 4.90 Å². The monoisotopic (exact) mass is 613 g/mol. The second kappa shape index (κ2) is 11.8. The SMILES string of the molecule is c1ccc(-c2cccc(N(c3cccc(-c4ccccc4)c3)c3ccc4oc5c6ccccc6c(-c6ccccc6)cc5c4c3)c2)cc1. The van der Waals surface area contributed by atoms with Crippen molar-refractivity contribution < 1.29 is 4.42 Å². The van der Waals surface area contributed by atoms with Gasteiger partial charge in [0.1, 0.15) is 11.2 Å². The zero-order valence-electron chi connectivity index (χ0n) is 26.3. The number of furan rings is 1. The van der Waals surface area contributed by atoms with Crippen molar-refractivity contribution in [2.45, 2.75) is 0 Å². The van der Waals surface area contributed by atoms with Gasteiger partial charge in [-0.1, -0.05) is 140 Å². The molecule has 0 saturated carbocycles. The van der Waals surface area contributed by atoms with Crippen LogP contribution in [-0.4, -0.2) is 0 Å². The van der Waals surface area contributed by atoms with Crippen molar-refractivity contribution in [2.24, 2.45) is 0 Å². The molecule has 1 aromatic heterocycles. The molecule has 48 heavy (non-hydrogen) atoms. The Morgan fingerprint density at radius 3 is 1.42 bits per heavy atom. The molecular formula is C46H31NO. The zero-order valence-corrected chi connectivity index (χ0v) is 26.3. The maximum atomic E-state index is 6.64. The van der Waals surface area contributed by atoms with Gasteiger partial charge >= 0.3 is 0 Å². The summed E-state index contributed by atoms with van der Waals surface area (Å²) in [7, 11) is 0. The van der Waals surface area contributed by atoms with Crippen LogP contribution in [0.4, 0.5) is 17.1 Å². The minimum Gasteiger partial charge on any atom is -0.455 e. The van der Waals surface area contributed by atoms with Crippen molar-refractivity contribution in [3.8, 4) is 33.4 Å². The molecule has 1 heterocycles. The Morgan fingerprint density at radius 1 is 0.312 bits per heavy atom. The van der Waals surface area contributed by atoms with Crippen molar-refractivity contribution >= 4 is 49.8 Å². The Labute approximate surface area is 279 Å². The van der Waals surface area contributed by atoms with Gasteiger partial charge in [-0.25, -0.2) is 0 Å². The van der Waals surface area contributed by atoms with E-state index in [1.807, 2.05) is 0 Å². The summed E-state index contributed by atoms with van der Waals surface area (Å²) >= 11 is 0. The largest absolute Gasteiger partial charge is 0.455 e. The minimum absolute atomic E-state index is 0.875. The lowest BCUT2D eigenvalue weighted by molar-refractivity contribution is 0.672. The summed E-state index contributed by atoms with van der Waals surface area (Å²) in [5.74, 6) is 0. The molecule has 0 bridgehead atoms. The number of anilines is 3. The quantitative estimate of drug-likeness (QED) is 0.185. The van der Waals surface area contributed by atoms with E-state index in [2.05, 4.69) is 193 Å². The highest BCUT2D eigenvalue weighted by molar-refractivity contribution is 6.19. The fourth-order valence-corrected chi connectivity index (χ4v) is 6.94. The lowest BCUT2D eigenvalue weighted by Crippen LogP contribution is -2.10. The van der Waals surface area contributed by atoms with Crippen molar-refractivity contribution in [3.63, 3.8) is 0 Å². The second-order valence-electron chi connectivity index (χ2n) is 12.2. The van der Waals surface area contributed by atoms with Crippen LogP contribution in [0.5, 0.6) is 0 Å². The highest BCUT2D eigenvalue weighted by Crippen LogP contribution is 2.43.